The number of rotatable bonds is 4. The Balaban J connectivity index is 1.52. The third-order valence-electron chi connectivity index (χ3n) is 5.47. The highest BCUT2D eigenvalue weighted by molar-refractivity contribution is 7.14. The number of nitrogens with one attached hydrogen (secondary N) is 1. The zero-order chi connectivity index (χ0) is 21.3. The number of carbonyl (C=O) groups is 2. The molecule has 1 aliphatic heterocycles. The van der Waals surface area contributed by atoms with Crippen LogP contribution in [0, 0.1) is 20.8 Å². The Morgan fingerprint density at radius 3 is 2.60 bits per heavy atom. The highest BCUT2D eigenvalue weighted by Crippen LogP contribution is 2.31. The van der Waals surface area contributed by atoms with Crippen LogP contribution in [0.3, 0.4) is 0 Å². The summed E-state index contributed by atoms with van der Waals surface area (Å²) in [6, 6.07) is 7.52. The van der Waals surface area contributed by atoms with Gasteiger partial charge in [-0.1, -0.05) is 23.8 Å². The molecule has 0 radical (unpaired) electrons. The first-order chi connectivity index (χ1) is 14.4. The van der Waals surface area contributed by atoms with E-state index < -0.39 is 6.04 Å². The maximum absolute atomic E-state index is 13.0. The van der Waals surface area contributed by atoms with Crippen molar-refractivity contribution >= 4 is 39.6 Å². The van der Waals surface area contributed by atoms with Gasteiger partial charge in [0.2, 0.25) is 5.91 Å². The average molecular weight is 440 g/mol. The molecule has 3 aromatic rings. The summed E-state index contributed by atoms with van der Waals surface area (Å²) in [5.74, 6) is -0.214. The number of hydrogen-bond donors (Lipinski definition) is 1. The molecule has 1 unspecified atom stereocenters. The summed E-state index contributed by atoms with van der Waals surface area (Å²) in [5.41, 5.74) is 5.57. The fourth-order valence-corrected chi connectivity index (χ4v) is 5.59. The van der Waals surface area contributed by atoms with Crippen molar-refractivity contribution in [2.24, 2.45) is 0 Å². The van der Waals surface area contributed by atoms with Crippen LogP contribution in [0.15, 0.2) is 35.0 Å². The summed E-state index contributed by atoms with van der Waals surface area (Å²) in [6.45, 7) is 6.87. The molecule has 0 saturated carbocycles. The predicted molar refractivity (Wildman–Crippen MR) is 123 cm³/mol. The van der Waals surface area contributed by atoms with E-state index in [1.165, 1.54) is 39.4 Å². The number of hydrogen-bond acceptors (Lipinski definition) is 5. The molecule has 0 bridgehead atoms. The third-order valence-corrected chi connectivity index (χ3v) is 7.08. The van der Waals surface area contributed by atoms with Gasteiger partial charge in [-0.25, -0.2) is 4.98 Å². The van der Waals surface area contributed by atoms with E-state index in [-0.39, 0.29) is 11.8 Å². The molecular weight excluding hydrogens is 414 g/mol. The van der Waals surface area contributed by atoms with Crippen molar-refractivity contribution in [2.75, 3.05) is 11.9 Å². The first kappa shape index (κ1) is 20.8. The zero-order valence-corrected chi connectivity index (χ0v) is 19.0. The SMILES string of the molecule is Cc1cc(C)c(-c2csc(NC(=O)C3CCCCN3C(=O)c3cccs3)n2)c(C)c1. The minimum absolute atomic E-state index is 0.0596. The molecule has 30 heavy (non-hydrogen) atoms. The number of benzene rings is 1. The van der Waals surface area contributed by atoms with Gasteiger partial charge in [0.1, 0.15) is 6.04 Å². The van der Waals surface area contributed by atoms with E-state index in [9.17, 15) is 9.59 Å². The fraction of sp³-hybridized carbons (Fsp3) is 0.348. The minimum Gasteiger partial charge on any atom is -0.326 e. The Kier molecular flexibility index (Phi) is 6.01. The van der Waals surface area contributed by atoms with E-state index in [2.05, 4.69) is 43.2 Å². The van der Waals surface area contributed by atoms with E-state index in [1.54, 1.807) is 4.90 Å². The largest absolute Gasteiger partial charge is 0.326 e. The number of likely N-dealkylation sites (tertiary alicyclic amines) is 1. The number of piperidine rings is 1. The summed E-state index contributed by atoms with van der Waals surface area (Å²) in [4.78, 5) is 33.0. The Morgan fingerprint density at radius 2 is 1.90 bits per heavy atom. The second kappa shape index (κ2) is 8.70. The summed E-state index contributed by atoms with van der Waals surface area (Å²) < 4.78 is 0. The molecule has 2 aromatic heterocycles. The third kappa shape index (κ3) is 4.18. The topological polar surface area (TPSA) is 62.3 Å². The van der Waals surface area contributed by atoms with Crippen molar-refractivity contribution in [3.05, 3.63) is 56.6 Å². The average Bonchev–Trinajstić information content (AvgIpc) is 3.39. The number of carbonyl (C=O) groups excluding carboxylic acids is 2. The number of amides is 2. The van der Waals surface area contributed by atoms with Gasteiger partial charge in [-0.3, -0.25) is 9.59 Å². The molecule has 156 valence electrons. The molecule has 1 N–H and O–H groups in total. The number of nitrogens with zero attached hydrogens (tertiary/aromatic N) is 2. The Bertz CT molecular complexity index is 1050. The summed E-state index contributed by atoms with van der Waals surface area (Å²) in [5, 5.41) is 7.40. The first-order valence-electron chi connectivity index (χ1n) is 10.1. The highest BCUT2D eigenvalue weighted by atomic mass is 32.1. The molecule has 4 rings (SSSR count). The Labute approximate surface area is 184 Å². The number of aryl methyl sites for hydroxylation is 3. The first-order valence-corrected chi connectivity index (χ1v) is 11.9. The number of thiophene rings is 1. The molecule has 0 spiro atoms. The second-order valence-electron chi connectivity index (χ2n) is 7.79. The maximum atomic E-state index is 13.0. The fourth-order valence-electron chi connectivity index (χ4n) is 4.21. The number of anilines is 1. The van der Waals surface area contributed by atoms with E-state index in [1.807, 2.05) is 22.9 Å². The molecule has 1 aromatic carbocycles. The van der Waals surface area contributed by atoms with Gasteiger partial charge < -0.3 is 10.2 Å². The van der Waals surface area contributed by atoms with Crippen molar-refractivity contribution in [3.63, 3.8) is 0 Å². The Hall–Kier alpha value is -2.51. The number of aromatic nitrogens is 1. The molecule has 1 saturated heterocycles. The molecule has 0 aliphatic carbocycles. The normalized spacial score (nSPS) is 16.5. The molecule has 1 aliphatic rings. The quantitative estimate of drug-likeness (QED) is 0.590. The lowest BCUT2D eigenvalue weighted by Gasteiger charge is -2.34. The van der Waals surface area contributed by atoms with Crippen molar-refractivity contribution < 1.29 is 9.59 Å². The van der Waals surface area contributed by atoms with Crippen molar-refractivity contribution in [1.29, 1.82) is 0 Å². The summed E-state index contributed by atoms with van der Waals surface area (Å²) >= 11 is 2.84. The van der Waals surface area contributed by atoms with Crippen molar-refractivity contribution in [2.45, 2.75) is 46.1 Å². The number of thiazole rings is 1. The summed E-state index contributed by atoms with van der Waals surface area (Å²) in [7, 11) is 0. The van der Waals surface area contributed by atoms with Gasteiger partial charge in [0.05, 0.1) is 10.6 Å². The molecule has 7 heteroatoms. The molecule has 1 atom stereocenters. The van der Waals surface area contributed by atoms with E-state index in [4.69, 9.17) is 0 Å². The molecular formula is C23H25N3O2S2. The maximum Gasteiger partial charge on any atom is 0.264 e. The van der Waals surface area contributed by atoms with Gasteiger partial charge >= 0.3 is 0 Å². The highest BCUT2D eigenvalue weighted by Gasteiger charge is 2.33. The second-order valence-corrected chi connectivity index (χ2v) is 9.59. The van der Waals surface area contributed by atoms with Crippen molar-refractivity contribution in [1.82, 2.24) is 9.88 Å². The van der Waals surface area contributed by atoms with Crippen LogP contribution in [-0.2, 0) is 4.79 Å². The predicted octanol–water partition coefficient (Wildman–Crippen LogP) is 5.43. The van der Waals surface area contributed by atoms with E-state index in [0.29, 0.717) is 23.0 Å². The standard InChI is InChI=1S/C23H25N3O2S2/c1-14-11-15(2)20(16(3)12-14)17-13-30-23(24-17)25-21(27)18-7-4-5-9-26(18)22(28)19-8-6-10-29-19/h6,8,10-13,18H,4-5,7,9H2,1-3H3,(H,24,25,27). The molecule has 5 nitrogen and oxygen atoms in total. The van der Waals surface area contributed by atoms with Gasteiger partial charge in [-0.2, -0.15) is 0 Å². The van der Waals surface area contributed by atoms with Crippen LogP contribution in [0.4, 0.5) is 5.13 Å². The van der Waals surface area contributed by atoms with Gasteiger partial charge in [0.15, 0.2) is 5.13 Å². The van der Waals surface area contributed by atoms with E-state index >= 15 is 0 Å². The van der Waals surface area contributed by atoms with Crippen LogP contribution in [-0.4, -0.2) is 34.3 Å². The molecule has 3 heterocycles. The molecule has 1 fully saturated rings. The zero-order valence-electron chi connectivity index (χ0n) is 17.4. The van der Waals surface area contributed by atoms with Gasteiger partial charge in [0.25, 0.3) is 5.91 Å². The van der Waals surface area contributed by atoms with Crippen LogP contribution in [0.2, 0.25) is 0 Å². The Morgan fingerprint density at radius 1 is 1.13 bits per heavy atom. The van der Waals surface area contributed by atoms with Gasteiger partial charge in [-0.15, -0.1) is 22.7 Å². The van der Waals surface area contributed by atoms with Crippen LogP contribution in [0.5, 0.6) is 0 Å². The van der Waals surface area contributed by atoms with Crippen LogP contribution in [0.25, 0.3) is 11.3 Å². The van der Waals surface area contributed by atoms with E-state index in [0.717, 1.165) is 24.1 Å². The minimum atomic E-state index is -0.455. The van der Waals surface area contributed by atoms with Crippen molar-refractivity contribution in [3.8, 4) is 11.3 Å². The smallest absolute Gasteiger partial charge is 0.264 e. The van der Waals surface area contributed by atoms with Crippen LogP contribution in [0.1, 0.15) is 45.6 Å². The summed E-state index contributed by atoms with van der Waals surface area (Å²) in [6.07, 6.45) is 2.54. The van der Waals surface area contributed by atoms with Gasteiger partial charge in [0, 0.05) is 17.5 Å². The molecule has 2 amide bonds. The van der Waals surface area contributed by atoms with Crippen LogP contribution < -0.4 is 5.32 Å². The lowest BCUT2D eigenvalue weighted by molar-refractivity contribution is -0.121. The lowest BCUT2D eigenvalue weighted by Crippen LogP contribution is -2.49. The van der Waals surface area contributed by atoms with Crippen LogP contribution >= 0.6 is 22.7 Å². The monoisotopic (exact) mass is 439 g/mol. The van der Waals surface area contributed by atoms with Gasteiger partial charge in [-0.05, 0) is 62.6 Å². The lowest BCUT2D eigenvalue weighted by atomic mass is 9.98.